The maximum atomic E-state index is 13.2. The van der Waals surface area contributed by atoms with Gasteiger partial charge in [-0.15, -0.1) is 11.8 Å². The minimum Gasteiger partial charge on any atom is -0.382 e. The lowest BCUT2D eigenvalue weighted by Gasteiger charge is -2.14. The summed E-state index contributed by atoms with van der Waals surface area (Å²) in [4.78, 5) is 0.947. The molecule has 3 nitrogen and oxygen atoms in total. The Morgan fingerprint density at radius 1 is 1.50 bits per heavy atom. The molecule has 1 heterocycles. The minimum absolute atomic E-state index is 0.00597. The zero-order valence-corrected chi connectivity index (χ0v) is 11.7. The molecule has 3 N–H and O–H groups in total. The van der Waals surface area contributed by atoms with Gasteiger partial charge in [-0.05, 0) is 42.4 Å². The van der Waals surface area contributed by atoms with E-state index in [1.165, 1.54) is 23.7 Å². The topological polar surface area (TPSA) is 50.9 Å². The van der Waals surface area contributed by atoms with Crippen molar-refractivity contribution in [2.45, 2.75) is 17.9 Å². The van der Waals surface area contributed by atoms with Crippen LogP contribution in [0.15, 0.2) is 29.2 Å². The zero-order valence-electron chi connectivity index (χ0n) is 10.1. The number of benzene rings is 1. The molecule has 96 valence electrons. The summed E-state index contributed by atoms with van der Waals surface area (Å²) < 4.78 is 17.3. The molecule has 0 saturated heterocycles. The highest BCUT2D eigenvalue weighted by atomic mass is 32.2. The second-order valence-electron chi connectivity index (χ2n) is 3.85. The number of aromatic nitrogens is 1. The van der Waals surface area contributed by atoms with Crippen LogP contribution in [-0.4, -0.2) is 10.6 Å². The van der Waals surface area contributed by atoms with Gasteiger partial charge in [0.15, 0.2) is 5.82 Å². The molecule has 0 aliphatic carbocycles. The number of hydrogen-bond donors (Lipinski definition) is 2. The minimum atomic E-state index is -0.227. The molecule has 0 amide bonds. The summed E-state index contributed by atoms with van der Waals surface area (Å²) in [5.74, 6) is 0.316. The standard InChI is InChI=1S/C12H14FN3S2/c1-7(8-4-3-5-9(13)6-8)15-12-10(17-2)11(14)16-18-12/h3-7,15H,1-2H3,(H2,14,16). The lowest BCUT2D eigenvalue weighted by molar-refractivity contribution is 0.623. The van der Waals surface area contributed by atoms with E-state index in [0.29, 0.717) is 5.82 Å². The van der Waals surface area contributed by atoms with E-state index in [2.05, 4.69) is 9.69 Å². The van der Waals surface area contributed by atoms with Crippen LogP contribution in [0.5, 0.6) is 0 Å². The molecule has 0 radical (unpaired) electrons. The zero-order chi connectivity index (χ0) is 13.1. The van der Waals surface area contributed by atoms with E-state index in [9.17, 15) is 4.39 Å². The van der Waals surface area contributed by atoms with Crippen molar-refractivity contribution in [3.05, 3.63) is 35.6 Å². The summed E-state index contributed by atoms with van der Waals surface area (Å²) in [6.45, 7) is 1.98. The van der Waals surface area contributed by atoms with Gasteiger partial charge in [0, 0.05) is 6.04 Å². The van der Waals surface area contributed by atoms with Crippen molar-refractivity contribution >= 4 is 34.1 Å². The molecule has 0 saturated carbocycles. The second kappa shape index (κ2) is 5.58. The first kappa shape index (κ1) is 13.2. The van der Waals surface area contributed by atoms with Crippen LogP contribution < -0.4 is 11.1 Å². The van der Waals surface area contributed by atoms with Gasteiger partial charge in [0.1, 0.15) is 10.8 Å². The molecular formula is C12H14FN3S2. The Labute approximate surface area is 114 Å². The number of hydrogen-bond acceptors (Lipinski definition) is 5. The van der Waals surface area contributed by atoms with Crippen molar-refractivity contribution in [3.63, 3.8) is 0 Å². The fraction of sp³-hybridized carbons (Fsp3) is 0.250. The van der Waals surface area contributed by atoms with Gasteiger partial charge in [0.2, 0.25) is 0 Å². The summed E-state index contributed by atoms with van der Waals surface area (Å²) in [7, 11) is 0. The van der Waals surface area contributed by atoms with Crippen LogP contribution in [0, 0.1) is 5.82 Å². The summed E-state index contributed by atoms with van der Waals surface area (Å²) in [6, 6.07) is 6.57. The van der Waals surface area contributed by atoms with Crippen molar-refractivity contribution < 1.29 is 4.39 Å². The Hall–Kier alpha value is -1.27. The number of halogens is 1. The Balaban J connectivity index is 2.18. The SMILES string of the molecule is CSc1c(N)nsc1NC(C)c1cccc(F)c1. The highest BCUT2D eigenvalue weighted by molar-refractivity contribution is 7.99. The van der Waals surface area contributed by atoms with Crippen molar-refractivity contribution in [3.8, 4) is 0 Å². The lowest BCUT2D eigenvalue weighted by atomic mass is 10.1. The normalized spacial score (nSPS) is 12.4. The van der Waals surface area contributed by atoms with Crippen LogP contribution in [0.1, 0.15) is 18.5 Å². The van der Waals surface area contributed by atoms with Gasteiger partial charge >= 0.3 is 0 Å². The van der Waals surface area contributed by atoms with E-state index in [1.54, 1.807) is 17.8 Å². The molecule has 6 heteroatoms. The fourth-order valence-corrected chi connectivity index (χ4v) is 3.26. The maximum Gasteiger partial charge on any atom is 0.153 e. The monoisotopic (exact) mass is 283 g/mol. The van der Waals surface area contributed by atoms with E-state index in [0.717, 1.165) is 15.5 Å². The Morgan fingerprint density at radius 3 is 2.94 bits per heavy atom. The third kappa shape index (κ3) is 2.76. The number of rotatable bonds is 4. The summed E-state index contributed by atoms with van der Waals surface area (Å²) >= 11 is 2.88. The highest BCUT2D eigenvalue weighted by Crippen LogP contribution is 2.36. The Bertz CT molecular complexity index is 542. The summed E-state index contributed by atoms with van der Waals surface area (Å²) in [6.07, 6.45) is 1.96. The first-order chi connectivity index (χ1) is 8.61. The lowest BCUT2D eigenvalue weighted by Crippen LogP contribution is -2.06. The van der Waals surface area contributed by atoms with Gasteiger partial charge in [-0.2, -0.15) is 4.37 Å². The molecule has 1 aromatic heterocycles. The number of nitrogens with two attached hydrogens (primary N) is 1. The fourth-order valence-electron chi connectivity index (χ4n) is 1.64. The number of anilines is 2. The molecule has 1 aromatic carbocycles. The van der Waals surface area contributed by atoms with Crippen LogP contribution in [0.2, 0.25) is 0 Å². The number of nitrogens with zero attached hydrogens (tertiary/aromatic N) is 1. The van der Waals surface area contributed by atoms with Crippen LogP contribution >= 0.6 is 23.3 Å². The Kier molecular flexibility index (Phi) is 4.08. The molecule has 0 aliphatic rings. The largest absolute Gasteiger partial charge is 0.382 e. The summed E-state index contributed by atoms with van der Waals surface area (Å²) in [5.41, 5.74) is 6.67. The van der Waals surface area contributed by atoms with Crippen LogP contribution in [-0.2, 0) is 0 Å². The average Bonchev–Trinajstić information content (AvgIpc) is 2.69. The molecule has 2 aromatic rings. The van der Waals surface area contributed by atoms with E-state index in [-0.39, 0.29) is 11.9 Å². The average molecular weight is 283 g/mol. The molecular weight excluding hydrogens is 269 g/mol. The van der Waals surface area contributed by atoms with Gasteiger partial charge in [-0.3, -0.25) is 0 Å². The van der Waals surface area contributed by atoms with E-state index in [1.807, 2.05) is 19.2 Å². The van der Waals surface area contributed by atoms with Gasteiger partial charge < -0.3 is 11.1 Å². The third-order valence-corrected chi connectivity index (χ3v) is 4.32. The highest BCUT2D eigenvalue weighted by Gasteiger charge is 2.13. The quantitative estimate of drug-likeness (QED) is 0.839. The molecule has 0 spiro atoms. The third-order valence-electron chi connectivity index (χ3n) is 2.57. The van der Waals surface area contributed by atoms with E-state index >= 15 is 0 Å². The van der Waals surface area contributed by atoms with Crippen molar-refractivity contribution in [2.24, 2.45) is 0 Å². The molecule has 1 unspecified atom stereocenters. The molecule has 18 heavy (non-hydrogen) atoms. The van der Waals surface area contributed by atoms with Crippen LogP contribution in [0.4, 0.5) is 15.2 Å². The number of nitrogens with one attached hydrogen (secondary N) is 1. The first-order valence-corrected chi connectivity index (χ1v) is 7.42. The van der Waals surface area contributed by atoms with Gasteiger partial charge in [-0.25, -0.2) is 4.39 Å². The van der Waals surface area contributed by atoms with Crippen molar-refractivity contribution in [1.29, 1.82) is 0 Å². The van der Waals surface area contributed by atoms with Crippen molar-refractivity contribution in [2.75, 3.05) is 17.3 Å². The number of nitrogen functional groups attached to an aromatic ring is 1. The van der Waals surface area contributed by atoms with E-state index in [4.69, 9.17) is 5.73 Å². The Morgan fingerprint density at radius 2 is 2.28 bits per heavy atom. The second-order valence-corrected chi connectivity index (χ2v) is 5.44. The molecule has 0 aliphatic heterocycles. The van der Waals surface area contributed by atoms with Gasteiger partial charge in [0.05, 0.1) is 4.90 Å². The van der Waals surface area contributed by atoms with Crippen molar-refractivity contribution in [1.82, 2.24) is 4.37 Å². The molecule has 2 rings (SSSR count). The molecule has 1 atom stereocenters. The molecule has 0 fully saturated rings. The van der Waals surface area contributed by atoms with Gasteiger partial charge in [0.25, 0.3) is 0 Å². The van der Waals surface area contributed by atoms with Crippen LogP contribution in [0.25, 0.3) is 0 Å². The first-order valence-electron chi connectivity index (χ1n) is 5.43. The predicted octanol–water partition coefficient (Wildman–Crippen LogP) is 3.76. The van der Waals surface area contributed by atoms with Gasteiger partial charge in [-0.1, -0.05) is 12.1 Å². The van der Waals surface area contributed by atoms with Crippen LogP contribution in [0.3, 0.4) is 0 Å². The van der Waals surface area contributed by atoms with E-state index < -0.39 is 0 Å². The molecule has 0 bridgehead atoms. The predicted molar refractivity (Wildman–Crippen MR) is 76.7 cm³/mol. The smallest absolute Gasteiger partial charge is 0.153 e. The summed E-state index contributed by atoms with van der Waals surface area (Å²) in [5, 5.41) is 4.24. The maximum absolute atomic E-state index is 13.2. The number of thioether (sulfide) groups is 1.